The number of nitrogen functional groups attached to an aromatic ring is 1. The lowest BCUT2D eigenvalue weighted by molar-refractivity contribution is 1.38. The van der Waals surface area contributed by atoms with Crippen LogP contribution in [0.2, 0.25) is 0 Å². The highest BCUT2D eigenvalue weighted by Gasteiger charge is 2.04. The van der Waals surface area contributed by atoms with Crippen LogP contribution < -0.4 is 5.73 Å². The number of nitrogens with zero attached hydrogens (tertiary/aromatic N) is 1. The predicted molar refractivity (Wildman–Crippen MR) is 56.7 cm³/mol. The van der Waals surface area contributed by atoms with Crippen molar-refractivity contribution in [2.75, 3.05) is 5.73 Å². The Kier molecular flexibility index (Phi) is 2.02. The highest BCUT2D eigenvalue weighted by atomic mass is 32.1. The Morgan fingerprint density at radius 1 is 1.31 bits per heavy atom. The quantitative estimate of drug-likeness (QED) is 0.751. The van der Waals surface area contributed by atoms with Crippen molar-refractivity contribution in [1.29, 1.82) is 0 Å². The first-order valence-electron chi connectivity index (χ1n) is 4.04. The first-order chi connectivity index (χ1) is 6.27. The molecule has 0 aliphatic rings. The molecule has 0 radical (unpaired) electrons. The molecule has 13 heavy (non-hydrogen) atoms. The van der Waals surface area contributed by atoms with E-state index in [0.717, 1.165) is 10.0 Å². The molecule has 1 aromatic heterocycles. The van der Waals surface area contributed by atoms with E-state index in [-0.39, 0.29) is 0 Å². The summed E-state index contributed by atoms with van der Waals surface area (Å²) in [5.74, 6) is 0. The largest absolute Gasteiger partial charge is 0.389 e. The Morgan fingerprint density at radius 3 is 2.69 bits per heavy atom. The van der Waals surface area contributed by atoms with Gasteiger partial charge in [0.1, 0.15) is 10.0 Å². The molecular weight excluding hydrogens is 180 g/mol. The Hall–Kier alpha value is -1.35. The topological polar surface area (TPSA) is 38.9 Å². The van der Waals surface area contributed by atoms with Gasteiger partial charge >= 0.3 is 0 Å². The fourth-order valence-electron chi connectivity index (χ4n) is 1.22. The molecule has 0 atom stereocenters. The highest BCUT2D eigenvalue weighted by molar-refractivity contribution is 7.18. The van der Waals surface area contributed by atoms with Gasteiger partial charge in [-0.1, -0.05) is 35.6 Å². The fraction of sp³-hybridized carbons (Fsp3) is 0.100. The van der Waals surface area contributed by atoms with Gasteiger partial charge in [-0.2, -0.15) is 0 Å². The summed E-state index contributed by atoms with van der Waals surface area (Å²) < 4.78 is 0. The van der Waals surface area contributed by atoms with Gasteiger partial charge in [-0.25, -0.2) is 4.98 Å². The number of anilines is 1. The fourth-order valence-corrected chi connectivity index (χ4v) is 2.00. The molecule has 0 saturated heterocycles. The monoisotopic (exact) mass is 190 g/mol. The van der Waals surface area contributed by atoms with Crippen molar-refractivity contribution < 1.29 is 0 Å². The summed E-state index contributed by atoms with van der Waals surface area (Å²) in [7, 11) is 0. The molecule has 0 aliphatic carbocycles. The first-order valence-corrected chi connectivity index (χ1v) is 4.86. The third-order valence-electron chi connectivity index (χ3n) is 1.90. The molecule has 1 aromatic carbocycles. The van der Waals surface area contributed by atoms with E-state index >= 15 is 0 Å². The molecule has 0 unspecified atom stereocenters. The molecule has 1 heterocycles. The van der Waals surface area contributed by atoms with Crippen molar-refractivity contribution in [1.82, 2.24) is 4.98 Å². The van der Waals surface area contributed by atoms with E-state index in [0.29, 0.717) is 0 Å². The van der Waals surface area contributed by atoms with E-state index in [1.807, 2.05) is 12.1 Å². The van der Waals surface area contributed by atoms with Gasteiger partial charge in [-0.3, -0.25) is 0 Å². The van der Waals surface area contributed by atoms with Crippen molar-refractivity contribution in [3.05, 3.63) is 36.0 Å². The summed E-state index contributed by atoms with van der Waals surface area (Å²) in [4.78, 5) is 4.24. The smallest absolute Gasteiger partial charge is 0.125 e. The molecular formula is C10H10N2S. The molecule has 2 aromatic rings. The van der Waals surface area contributed by atoms with E-state index in [2.05, 4.69) is 24.0 Å². The average Bonchev–Trinajstić information content (AvgIpc) is 2.53. The zero-order valence-corrected chi connectivity index (χ0v) is 8.14. The van der Waals surface area contributed by atoms with E-state index < -0.39 is 0 Å². The first kappa shape index (κ1) is 8.26. The molecule has 0 aliphatic heterocycles. The van der Waals surface area contributed by atoms with E-state index in [1.165, 1.54) is 22.5 Å². The van der Waals surface area contributed by atoms with Crippen LogP contribution in [0.4, 0.5) is 5.00 Å². The van der Waals surface area contributed by atoms with Crippen LogP contribution in [0.5, 0.6) is 0 Å². The summed E-state index contributed by atoms with van der Waals surface area (Å²) in [6.07, 6.45) is 1.70. The standard InChI is InChI=1S/C10H10N2S/c1-7-4-2-3-5-8(7)10-12-6-9(11)13-10/h2-6H,11H2,1H3. The maximum atomic E-state index is 5.62. The normalized spacial score (nSPS) is 10.2. The number of hydrogen-bond acceptors (Lipinski definition) is 3. The van der Waals surface area contributed by atoms with Gasteiger partial charge in [0.25, 0.3) is 0 Å². The lowest BCUT2D eigenvalue weighted by Gasteiger charge is -1.99. The van der Waals surface area contributed by atoms with Crippen LogP contribution in [0.1, 0.15) is 5.56 Å². The lowest BCUT2D eigenvalue weighted by atomic mass is 10.1. The molecule has 3 heteroatoms. The molecule has 0 fully saturated rings. The number of hydrogen-bond donors (Lipinski definition) is 1. The second-order valence-corrected chi connectivity index (χ2v) is 3.94. The zero-order valence-electron chi connectivity index (χ0n) is 7.32. The van der Waals surface area contributed by atoms with Crippen LogP contribution in [0.15, 0.2) is 30.5 Å². The van der Waals surface area contributed by atoms with Gasteiger partial charge < -0.3 is 5.73 Å². The average molecular weight is 190 g/mol. The number of benzene rings is 1. The zero-order chi connectivity index (χ0) is 9.26. The van der Waals surface area contributed by atoms with Crippen LogP contribution in [0.3, 0.4) is 0 Å². The molecule has 2 N–H and O–H groups in total. The maximum absolute atomic E-state index is 5.62. The maximum Gasteiger partial charge on any atom is 0.125 e. The Morgan fingerprint density at radius 2 is 2.08 bits per heavy atom. The van der Waals surface area contributed by atoms with Crippen molar-refractivity contribution in [3.8, 4) is 10.6 Å². The molecule has 2 nitrogen and oxygen atoms in total. The van der Waals surface area contributed by atoms with Crippen molar-refractivity contribution >= 4 is 16.3 Å². The van der Waals surface area contributed by atoms with Crippen molar-refractivity contribution in [3.63, 3.8) is 0 Å². The van der Waals surface area contributed by atoms with Gasteiger partial charge in [-0.15, -0.1) is 0 Å². The van der Waals surface area contributed by atoms with Crippen LogP contribution in [0.25, 0.3) is 10.6 Å². The number of aryl methyl sites for hydroxylation is 1. The van der Waals surface area contributed by atoms with Crippen LogP contribution in [0, 0.1) is 6.92 Å². The summed E-state index contributed by atoms with van der Waals surface area (Å²) in [6, 6.07) is 8.18. The van der Waals surface area contributed by atoms with Crippen molar-refractivity contribution in [2.24, 2.45) is 0 Å². The third-order valence-corrected chi connectivity index (χ3v) is 2.76. The molecule has 2 rings (SSSR count). The van der Waals surface area contributed by atoms with Gasteiger partial charge in [0.05, 0.1) is 6.20 Å². The van der Waals surface area contributed by atoms with Crippen molar-refractivity contribution in [2.45, 2.75) is 6.92 Å². The number of nitrogens with two attached hydrogens (primary N) is 1. The Balaban J connectivity index is 2.52. The van der Waals surface area contributed by atoms with E-state index in [9.17, 15) is 0 Å². The number of thiazole rings is 1. The van der Waals surface area contributed by atoms with E-state index in [4.69, 9.17) is 5.73 Å². The number of rotatable bonds is 1. The SMILES string of the molecule is Cc1ccccc1-c1ncc(N)s1. The third kappa shape index (κ3) is 1.55. The van der Waals surface area contributed by atoms with Crippen LogP contribution in [-0.2, 0) is 0 Å². The second-order valence-electron chi connectivity index (χ2n) is 2.88. The highest BCUT2D eigenvalue weighted by Crippen LogP contribution is 2.28. The minimum absolute atomic E-state index is 0.762. The van der Waals surface area contributed by atoms with Gasteiger partial charge in [0, 0.05) is 5.56 Å². The summed E-state index contributed by atoms with van der Waals surface area (Å²) in [5.41, 5.74) is 8.03. The molecule has 0 spiro atoms. The Bertz CT molecular complexity index is 420. The Labute approximate surface area is 81.1 Å². The molecule has 0 bridgehead atoms. The minimum Gasteiger partial charge on any atom is -0.389 e. The summed E-state index contributed by atoms with van der Waals surface area (Å²) >= 11 is 1.52. The van der Waals surface area contributed by atoms with Gasteiger partial charge in [-0.05, 0) is 12.5 Å². The second kappa shape index (κ2) is 3.18. The number of aromatic nitrogens is 1. The van der Waals surface area contributed by atoms with Gasteiger partial charge in [0.15, 0.2) is 0 Å². The molecule has 66 valence electrons. The summed E-state index contributed by atoms with van der Waals surface area (Å²) in [6.45, 7) is 2.08. The van der Waals surface area contributed by atoms with Gasteiger partial charge in [0.2, 0.25) is 0 Å². The predicted octanol–water partition coefficient (Wildman–Crippen LogP) is 2.70. The molecule has 0 amide bonds. The summed E-state index contributed by atoms with van der Waals surface area (Å²) in [5, 5.41) is 1.76. The lowest BCUT2D eigenvalue weighted by Crippen LogP contribution is -1.79. The molecule has 0 saturated carbocycles. The van der Waals surface area contributed by atoms with E-state index in [1.54, 1.807) is 6.20 Å². The minimum atomic E-state index is 0.762. The van der Waals surface area contributed by atoms with Crippen LogP contribution in [-0.4, -0.2) is 4.98 Å². The van der Waals surface area contributed by atoms with Crippen LogP contribution >= 0.6 is 11.3 Å².